The van der Waals surface area contributed by atoms with E-state index >= 15 is 0 Å². The number of anilines is 3. The summed E-state index contributed by atoms with van der Waals surface area (Å²) in [6.07, 6.45) is 10.3. The maximum Gasteiger partial charge on any atom is 0.272 e. The number of nitrogens with zero attached hydrogens (tertiary/aromatic N) is 4. The predicted octanol–water partition coefficient (Wildman–Crippen LogP) is 4.37. The minimum atomic E-state index is -1.30. The van der Waals surface area contributed by atoms with Gasteiger partial charge in [-0.15, -0.1) is 0 Å². The summed E-state index contributed by atoms with van der Waals surface area (Å²) in [5, 5.41) is 4.99. The van der Waals surface area contributed by atoms with Crippen LogP contribution in [0.15, 0.2) is 36.5 Å². The van der Waals surface area contributed by atoms with Gasteiger partial charge in [0.15, 0.2) is 5.75 Å². The summed E-state index contributed by atoms with van der Waals surface area (Å²) >= 11 is 0. The summed E-state index contributed by atoms with van der Waals surface area (Å²) in [7, 11) is 4.30. The second kappa shape index (κ2) is 14.3. The number of pyridine rings is 1. The highest BCUT2D eigenvalue weighted by Gasteiger charge is 2.40. The van der Waals surface area contributed by atoms with E-state index in [1.54, 1.807) is 19.6 Å². The van der Waals surface area contributed by atoms with E-state index in [9.17, 15) is 9.00 Å². The van der Waals surface area contributed by atoms with Crippen LogP contribution in [0.5, 0.6) is 11.5 Å². The van der Waals surface area contributed by atoms with Crippen LogP contribution in [0, 0.1) is 0 Å². The summed E-state index contributed by atoms with van der Waals surface area (Å²) in [5.41, 5.74) is 2.77. The molecule has 6 rings (SSSR count). The van der Waals surface area contributed by atoms with Crippen molar-refractivity contribution in [2.45, 2.75) is 58.3 Å². The van der Waals surface area contributed by atoms with Gasteiger partial charge in [-0.1, -0.05) is 26.8 Å². The zero-order valence-corrected chi connectivity index (χ0v) is 29.1. The van der Waals surface area contributed by atoms with Gasteiger partial charge >= 0.3 is 0 Å². The zero-order valence-electron chi connectivity index (χ0n) is 28.2. The molecule has 3 aromatic rings. The fraction of sp³-hybridized carbons (Fsp3) is 0.486. The standard InChI is InChI=1S/C33H42N6O4S.C2H6/c1-33(11-12-33)23-19-25(31(42-4)26(20-23)36-44(5)41)35-32(40)27-18-22-8-6-7-9-28(30(22)38(27)3)43-24-10-13-34-29(21-24)39-16-14-37(2)15-17-39;1-2/h8,10,13,18-21,36H,6-7,9,11-12,14-17H2,1-5H3,(H,35,40);1-2H3. The van der Waals surface area contributed by atoms with Gasteiger partial charge in [0, 0.05) is 58.2 Å². The molecule has 0 bridgehead atoms. The quantitative estimate of drug-likeness (QED) is 0.356. The fourth-order valence-electron chi connectivity index (χ4n) is 6.08. The van der Waals surface area contributed by atoms with E-state index in [4.69, 9.17) is 9.47 Å². The second-order valence-electron chi connectivity index (χ2n) is 12.3. The average Bonchev–Trinajstić information content (AvgIpc) is 3.76. The number of fused-ring (bicyclic) bond motifs is 1. The lowest BCUT2D eigenvalue weighted by Gasteiger charge is -2.33. The van der Waals surface area contributed by atoms with E-state index in [0.717, 1.165) is 91.7 Å². The van der Waals surface area contributed by atoms with Gasteiger partial charge in [-0.25, -0.2) is 9.19 Å². The number of ether oxygens (including phenoxy) is 2. The molecule has 1 aliphatic heterocycles. The van der Waals surface area contributed by atoms with Gasteiger partial charge in [-0.05, 0) is 73.2 Å². The van der Waals surface area contributed by atoms with Crippen molar-refractivity contribution in [1.29, 1.82) is 0 Å². The van der Waals surface area contributed by atoms with Crippen LogP contribution in [0.1, 0.15) is 68.9 Å². The number of methoxy groups -OCH3 is 1. The normalized spacial score (nSPS) is 17.8. The van der Waals surface area contributed by atoms with Gasteiger partial charge in [0.25, 0.3) is 5.91 Å². The van der Waals surface area contributed by atoms with Crippen LogP contribution < -0.4 is 35.0 Å². The topological polar surface area (TPSA) is 101 Å². The number of likely N-dealkylation sites (N-methyl/N-ethyl adjacent to an activating group) is 1. The smallest absolute Gasteiger partial charge is 0.272 e. The van der Waals surface area contributed by atoms with Crippen LogP contribution in [0.2, 0.25) is 0 Å². The maximum absolute atomic E-state index is 13.9. The lowest BCUT2D eigenvalue weighted by molar-refractivity contribution is 0.101. The minimum absolute atomic E-state index is 0.0348. The summed E-state index contributed by atoms with van der Waals surface area (Å²) in [6, 6.07) is 9.80. The molecule has 248 valence electrons. The Labute approximate surface area is 275 Å². The highest BCUT2D eigenvalue weighted by atomic mass is 32.2. The first-order valence-corrected chi connectivity index (χ1v) is 17.8. The van der Waals surface area contributed by atoms with Crippen molar-refractivity contribution >= 4 is 45.9 Å². The highest BCUT2D eigenvalue weighted by Crippen LogP contribution is 2.50. The summed E-state index contributed by atoms with van der Waals surface area (Å²) in [4.78, 5) is 23.1. The number of nitrogens with one attached hydrogen (secondary N) is 2. The number of carbonyl (C=O) groups excluding carboxylic acids is 1. The van der Waals surface area contributed by atoms with E-state index in [2.05, 4.69) is 44.9 Å². The Morgan fingerprint density at radius 1 is 1.04 bits per heavy atom. The lowest BCUT2D eigenvalue weighted by Crippen LogP contribution is -2.44. The Morgan fingerprint density at radius 3 is 2.43 bits per heavy atom. The molecule has 1 saturated carbocycles. The number of amides is 1. The number of carbonyl (C=O) groups is 1. The molecular weight excluding hydrogens is 600 g/mol. The van der Waals surface area contributed by atoms with E-state index < -0.39 is 11.0 Å². The molecule has 0 radical (unpaired) electrons. The molecule has 3 heterocycles. The monoisotopic (exact) mass is 648 g/mol. The Balaban J connectivity index is 0.00000204. The third kappa shape index (κ3) is 7.25. The largest absolute Gasteiger partial charge is 0.492 e. The minimum Gasteiger partial charge on any atom is -0.492 e. The van der Waals surface area contributed by atoms with Crippen molar-refractivity contribution in [3.63, 3.8) is 0 Å². The van der Waals surface area contributed by atoms with Crippen LogP contribution in [0.3, 0.4) is 0 Å². The molecule has 2 N–H and O–H groups in total. The third-order valence-electron chi connectivity index (χ3n) is 9.01. The van der Waals surface area contributed by atoms with Gasteiger partial charge in [0.2, 0.25) is 0 Å². The number of rotatable bonds is 9. The highest BCUT2D eigenvalue weighted by molar-refractivity contribution is 7.85. The molecule has 1 amide bonds. The molecule has 1 atom stereocenters. The fourth-order valence-corrected chi connectivity index (χ4v) is 6.54. The Morgan fingerprint density at radius 2 is 1.76 bits per heavy atom. The molecule has 46 heavy (non-hydrogen) atoms. The number of aromatic nitrogens is 2. The molecule has 0 spiro atoms. The molecule has 1 unspecified atom stereocenters. The number of benzene rings is 1. The zero-order chi connectivity index (χ0) is 33.0. The summed E-state index contributed by atoms with van der Waals surface area (Å²) in [6.45, 7) is 10.1. The van der Waals surface area contributed by atoms with Crippen molar-refractivity contribution in [1.82, 2.24) is 14.5 Å². The van der Waals surface area contributed by atoms with Crippen molar-refractivity contribution in [3.8, 4) is 11.5 Å². The average molecular weight is 649 g/mol. The molecule has 11 heteroatoms. The molecule has 2 aromatic heterocycles. The number of hydrogen-bond donors (Lipinski definition) is 2. The molecule has 2 fully saturated rings. The molecule has 10 nitrogen and oxygen atoms in total. The van der Waals surface area contributed by atoms with Crippen molar-refractivity contribution in [3.05, 3.63) is 58.4 Å². The first-order valence-electron chi connectivity index (χ1n) is 16.3. The summed E-state index contributed by atoms with van der Waals surface area (Å²) < 4.78 is 29.3. The van der Waals surface area contributed by atoms with Crippen LogP contribution in [0.25, 0.3) is 11.8 Å². The molecule has 2 aliphatic carbocycles. The van der Waals surface area contributed by atoms with Crippen LogP contribution in [-0.4, -0.2) is 71.2 Å². The van der Waals surface area contributed by atoms with E-state index in [0.29, 0.717) is 22.8 Å². The van der Waals surface area contributed by atoms with Gasteiger partial charge in [0.05, 0.1) is 23.8 Å². The first-order chi connectivity index (χ1) is 22.1. The maximum atomic E-state index is 13.9. The molecule has 1 saturated heterocycles. The number of piperazine rings is 1. The summed E-state index contributed by atoms with van der Waals surface area (Å²) in [5.74, 6) is 2.69. The van der Waals surface area contributed by atoms with Crippen LogP contribution in [-0.2, 0) is 23.4 Å². The Kier molecular flexibility index (Phi) is 10.4. The number of hydrogen-bond acceptors (Lipinski definition) is 7. The Bertz CT molecular complexity index is 1720. The SMILES string of the molecule is CC.COc1c(NC(=O)c2cc3c(n2C)=C(Oc2ccnc(N4CCN(C)CC4)c2)CCCC=3)cc(C2(C)CC2)cc1NS(C)=O. The molecule has 1 aromatic carbocycles. The van der Waals surface area contributed by atoms with E-state index in [1.165, 1.54) is 0 Å². The van der Waals surface area contributed by atoms with Crippen LogP contribution in [0.4, 0.5) is 17.2 Å². The van der Waals surface area contributed by atoms with Crippen molar-refractivity contribution < 1.29 is 18.5 Å². The van der Waals surface area contributed by atoms with Gasteiger partial charge < -0.3 is 33.9 Å². The third-order valence-corrected chi connectivity index (χ3v) is 9.52. The molecule has 3 aliphatic rings. The van der Waals surface area contributed by atoms with Crippen molar-refractivity contribution in [2.24, 2.45) is 7.05 Å². The van der Waals surface area contributed by atoms with Gasteiger partial charge in [-0.2, -0.15) is 0 Å². The van der Waals surface area contributed by atoms with Gasteiger partial charge in [0.1, 0.15) is 34.0 Å². The lowest BCUT2D eigenvalue weighted by atomic mass is 9.96. The van der Waals surface area contributed by atoms with Crippen molar-refractivity contribution in [2.75, 3.05) is 61.5 Å². The predicted molar refractivity (Wildman–Crippen MR) is 188 cm³/mol. The van der Waals surface area contributed by atoms with Crippen LogP contribution >= 0.6 is 0 Å². The van der Waals surface area contributed by atoms with Gasteiger partial charge in [-0.3, -0.25) is 4.79 Å². The molecular formula is C35H48N6O4S. The first kappa shape index (κ1) is 33.5. The van der Waals surface area contributed by atoms with E-state index in [1.807, 2.05) is 55.8 Å². The second-order valence-corrected chi connectivity index (χ2v) is 13.4. The Hall–Kier alpha value is -3.83. The van der Waals surface area contributed by atoms with E-state index in [-0.39, 0.29) is 11.3 Å².